The average molecular weight is 468 g/mol. The van der Waals surface area contributed by atoms with Gasteiger partial charge in [-0.1, -0.05) is 11.3 Å². The van der Waals surface area contributed by atoms with E-state index in [1.165, 1.54) is 24.3 Å². The molecule has 0 spiro atoms. The Labute approximate surface area is 179 Å². The number of hydrogen-bond acceptors (Lipinski definition) is 6. The van der Waals surface area contributed by atoms with Crippen molar-refractivity contribution in [3.8, 4) is 0 Å². The van der Waals surface area contributed by atoms with Crippen LogP contribution in [0.15, 0.2) is 47.4 Å². The van der Waals surface area contributed by atoms with Gasteiger partial charge in [-0.25, -0.2) is 21.6 Å². The van der Waals surface area contributed by atoms with Gasteiger partial charge in [-0.3, -0.25) is 4.79 Å². The highest BCUT2D eigenvalue weighted by molar-refractivity contribution is 7.89. The molecule has 0 saturated carbocycles. The topological polar surface area (TPSA) is 92.3 Å². The molecule has 0 aliphatic carbocycles. The zero-order valence-electron chi connectivity index (χ0n) is 15.8. The summed E-state index contributed by atoms with van der Waals surface area (Å²) in [7, 11) is -4.25. The first-order chi connectivity index (χ1) is 14.8. The standard InChI is InChI=1S/C19H15F3N4O3S2/c20-11-3-6-13(7-4-11)23-17(27)19-25-24-18(30-19)15-2-1-9-26(15)31(28,29)16-8-5-12(21)10-14(16)22/h3-8,10,15H,1-2,9H2,(H,23,27)/t15-/m0/s1. The zero-order chi connectivity index (χ0) is 22.2. The Bertz CT molecular complexity index is 1230. The van der Waals surface area contributed by atoms with Crippen LogP contribution in [0.25, 0.3) is 0 Å². The molecule has 3 aromatic rings. The lowest BCUT2D eigenvalue weighted by atomic mass is 10.2. The molecule has 7 nitrogen and oxygen atoms in total. The molecule has 1 amide bonds. The summed E-state index contributed by atoms with van der Waals surface area (Å²) in [6, 6.07) is 6.71. The van der Waals surface area contributed by atoms with Gasteiger partial charge in [-0.2, -0.15) is 4.31 Å². The van der Waals surface area contributed by atoms with Gasteiger partial charge in [-0.15, -0.1) is 10.2 Å². The summed E-state index contributed by atoms with van der Waals surface area (Å²) >= 11 is 0.914. The van der Waals surface area contributed by atoms with Gasteiger partial charge in [0.05, 0.1) is 6.04 Å². The lowest BCUT2D eigenvalue weighted by molar-refractivity contribution is 0.102. The van der Waals surface area contributed by atoms with Crippen LogP contribution in [0.3, 0.4) is 0 Å². The van der Waals surface area contributed by atoms with Gasteiger partial charge in [-0.05, 0) is 49.2 Å². The number of aromatic nitrogens is 2. The van der Waals surface area contributed by atoms with Gasteiger partial charge < -0.3 is 5.32 Å². The number of sulfonamides is 1. The van der Waals surface area contributed by atoms with Crippen molar-refractivity contribution >= 4 is 33.0 Å². The summed E-state index contributed by atoms with van der Waals surface area (Å²) in [5, 5.41) is 10.6. The first-order valence-corrected chi connectivity index (χ1v) is 11.4. The summed E-state index contributed by atoms with van der Waals surface area (Å²) in [6.45, 7) is 0.126. The molecule has 0 bridgehead atoms. The highest BCUT2D eigenvalue weighted by Crippen LogP contribution is 2.38. The maximum atomic E-state index is 14.1. The van der Waals surface area contributed by atoms with Gasteiger partial charge in [0.1, 0.15) is 27.4 Å². The fourth-order valence-electron chi connectivity index (χ4n) is 3.26. The molecule has 162 valence electrons. The largest absolute Gasteiger partial charge is 0.320 e. The van der Waals surface area contributed by atoms with E-state index in [2.05, 4.69) is 15.5 Å². The molecule has 0 unspecified atom stereocenters. The number of hydrogen-bond donors (Lipinski definition) is 1. The van der Waals surface area contributed by atoms with Gasteiger partial charge in [0, 0.05) is 18.3 Å². The van der Waals surface area contributed by atoms with Crippen LogP contribution in [-0.2, 0) is 10.0 Å². The van der Waals surface area contributed by atoms with Crippen LogP contribution >= 0.6 is 11.3 Å². The Morgan fingerprint density at radius 3 is 2.48 bits per heavy atom. The second-order valence-corrected chi connectivity index (χ2v) is 9.62. The third kappa shape index (κ3) is 4.31. The van der Waals surface area contributed by atoms with Crippen molar-refractivity contribution in [2.75, 3.05) is 11.9 Å². The van der Waals surface area contributed by atoms with Crippen molar-refractivity contribution in [3.63, 3.8) is 0 Å². The van der Waals surface area contributed by atoms with Crippen LogP contribution in [0.5, 0.6) is 0 Å². The van der Waals surface area contributed by atoms with E-state index in [0.717, 1.165) is 27.8 Å². The first-order valence-electron chi connectivity index (χ1n) is 9.13. The number of carbonyl (C=O) groups is 1. The summed E-state index contributed by atoms with van der Waals surface area (Å²) in [4.78, 5) is 11.8. The molecule has 2 aromatic carbocycles. The van der Waals surface area contributed by atoms with Crippen LogP contribution in [0.2, 0.25) is 0 Å². The van der Waals surface area contributed by atoms with Crippen molar-refractivity contribution in [1.82, 2.24) is 14.5 Å². The predicted molar refractivity (Wildman–Crippen MR) is 106 cm³/mol. The van der Waals surface area contributed by atoms with Crippen molar-refractivity contribution < 1.29 is 26.4 Å². The van der Waals surface area contributed by atoms with Crippen LogP contribution in [0.4, 0.5) is 18.9 Å². The van der Waals surface area contributed by atoms with E-state index >= 15 is 0 Å². The van der Waals surface area contributed by atoms with Crippen molar-refractivity contribution in [3.05, 3.63) is 69.9 Å². The minimum atomic E-state index is -4.25. The van der Waals surface area contributed by atoms with Gasteiger partial charge in [0.15, 0.2) is 0 Å². The number of rotatable bonds is 5. The summed E-state index contributed by atoms with van der Waals surface area (Å²) in [6.07, 6.45) is 0.916. The monoisotopic (exact) mass is 468 g/mol. The molecule has 1 aliphatic heterocycles. The normalized spacial score (nSPS) is 17.1. The number of amides is 1. The van der Waals surface area contributed by atoms with Crippen LogP contribution in [-0.4, -0.2) is 35.4 Å². The van der Waals surface area contributed by atoms with E-state index in [4.69, 9.17) is 0 Å². The highest BCUT2D eigenvalue weighted by atomic mass is 32.2. The number of carbonyl (C=O) groups excluding carboxylic acids is 1. The molecule has 1 atom stereocenters. The zero-order valence-corrected chi connectivity index (χ0v) is 17.4. The van der Waals surface area contributed by atoms with E-state index in [-0.39, 0.29) is 16.6 Å². The molecular weight excluding hydrogens is 453 g/mol. The SMILES string of the molecule is O=C(Nc1ccc(F)cc1)c1nnc([C@@H]2CCCN2S(=O)(=O)c2ccc(F)cc2F)s1. The second-order valence-electron chi connectivity index (χ2n) is 6.75. The van der Waals surface area contributed by atoms with E-state index in [1.54, 1.807) is 0 Å². The number of benzene rings is 2. The lowest BCUT2D eigenvalue weighted by Crippen LogP contribution is -2.31. The van der Waals surface area contributed by atoms with Crippen molar-refractivity contribution in [2.45, 2.75) is 23.8 Å². The quantitative estimate of drug-likeness (QED) is 0.616. The number of anilines is 1. The molecule has 0 radical (unpaired) electrons. The van der Waals surface area contributed by atoms with Crippen LogP contribution in [0.1, 0.15) is 33.7 Å². The van der Waals surface area contributed by atoms with Gasteiger partial charge >= 0.3 is 0 Å². The minimum absolute atomic E-state index is 0.00321. The maximum Gasteiger partial charge on any atom is 0.286 e. The molecule has 31 heavy (non-hydrogen) atoms. The Morgan fingerprint density at radius 2 is 1.77 bits per heavy atom. The highest BCUT2D eigenvalue weighted by Gasteiger charge is 2.39. The molecule has 1 N–H and O–H groups in total. The predicted octanol–water partition coefficient (Wildman–Crippen LogP) is 3.73. The summed E-state index contributed by atoms with van der Waals surface area (Å²) in [5.74, 6) is -3.08. The molecular formula is C19H15F3N4O3S2. The van der Waals surface area contributed by atoms with Crippen molar-refractivity contribution in [1.29, 1.82) is 0 Å². The summed E-state index contributed by atoms with van der Waals surface area (Å²) in [5.41, 5.74) is 0.361. The van der Waals surface area contributed by atoms with Crippen LogP contribution < -0.4 is 5.32 Å². The second kappa shape index (κ2) is 8.36. The fraction of sp³-hybridized carbons (Fsp3) is 0.211. The third-order valence-corrected chi connectivity index (χ3v) is 7.67. The number of halogens is 3. The van der Waals surface area contributed by atoms with E-state index in [9.17, 15) is 26.4 Å². The van der Waals surface area contributed by atoms with E-state index in [1.807, 2.05) is 0 Å². The first kappa shape index (κ1) is 21.4. The Balaban J connectivity index is 1.56. The third-order valence-electron chi connectivity index (χ3n) is 4.71. The smallest absolute Gasteiger partial charge is 0.286 e. The molecule has 1 fully saturated rings. The molecule has 1 aromatic heterocycles. The molecule has 1 aliphatic rings. The minimum Gasteiger partial charge on any atom is -0.320 e. The molecule has 1 saturated heterocycles. The lowest BCUT2D eigenvalue weighted by Gasteiger charge is -2.22. The Hall–Kier alpha value is -2.83. The average Bonchev–Trinajstić information content (AvgIpc) is 3.39. The number of nitrogens with zero attached hydrogens (tertiary/aromatic N) is 3. The maximum absolute atomic E-state index is 14.1. The summed E-state index contributed by atoms with van der Waals surface area (Å²) < 4.78 is 67.3. The Kier molecular flexibility index (Phi) is 5.77. The van der Waals surface area contributed by atoms with Crippen molar-refractivity contribution in [2.24, 2.45) is 0 Å². The van der Waals surface area contributed by atoms with Gasteiger partial charge in [0.25, 0.3) is 5.91 Å². The molecule has 4 rings (SSSR count). The molecule has 2 heterocycles. The fourth-order valence-corrected chi connectivity index (χ4v) is 5.92. The Morgan fingerprint density at radius 1 is 1.06 bits per heavy atom. The van der Waals surface area contributed by atoms with Crippen LogP contribution in [0, 0.1) is 17.5 Å². The van der Waals surface area contributed by atoms with Gasteiger partial charge in [0.2, 0.25) is 15.0 Å². The van der Waals surface area contributed by atoms with E-state index < -0.39 is 44.3 Å². The van der Waals surface area contributed by atoms with E-state index in [0.29, 0.717) is 24.6 Å². The number of nitrogens with one attached hydrogen (secondary N) is 1. The molecule has 12 heteroatoms.